The van der Waals surface area contributed by atoms with Gasteiger partial charge in [-0.2, -0.15) is 0 Å². The van der Waals surface area contributed by atoms with Crippen molar-refractivity contribution in [3.63, 3.8) is 0 Å². The van der Waals surface area contributed by atoms with Crippen LogP contribution in [0.2, 0.25) is 0 Å². The van der Waals surface area contributed by atoms with Crippen molar-refractivity contribution in [3.05, 3.63) is 48.2 Å². The van der Waals surface area contributed by atoms with Gasteiger partial charge in [-0.3, -0.25) is 15.5 Å². The molecule has 1 heterocycles. The molecule has 1 aromatic carbocycles. The normalized spacial score (nSPS) is 10.5. The van der Waals surface area contributed by atoms with E-state index in [9.17, 15) is 14.4 Å². The summed E-state index contributed by atoms with van der Waals surface area (Å²) < 4.78 is 10.7. The number of nitrogens with one attached hydrogen (secondary N) is 4. The van der Waals surface area contributed by atoms with E-state index < -0.39 is 17.6 Å². The minimum atomic E-state index is -0.757. The molecular formula is C19H23N5O5. The molecular weight excluding hydrogens is 378 g/mol. The van der Waals surface area contributed by atoms with Gasteiger partial charge in [0, 0.05) is 12.6 Å². The largest absolute Gasteiger partial charge is 0.456 e. The van der Waals surface area contributed by atoms with E-state index in [0.29, 0.717) is 22.9 Å². The molecule has 0 saturated carbocycles. The van der Waals surface area contributed by atoms with Crippen molar-refractivity contribution in [2.75, 3.05) is 12.4 Å². The fourth-order valence-electron chi connectivity index (χ4n) is 1.99. The summed E-state index contributed by atoms with van der Waals surface area (Å²) in [6, 6.07) is 9.13. The van der Waals surface area contributed by atoms with Gasteiger partial charge in [0.2, 0.25) is 0 Å². The number of urea groups is 1. The van der Waals surface area contributed by atoms with Crippen molar-refractivity contribution >= 4 is 23.8 Å². The Kier molecular flexibility index (Phi) is 6.96. The van der Waals surface area contributed by atoms with Gasteiger partial charge in [0.05, 0.1) is 6.20 Å². The van der Waals surface area contributed by atoms with Crippen LogP contribution in [-0.2, 0) is 4.74 Å². The first kappa shape index (κ1) is 21.5. The van der Waals surface area contributed by atoms with Crippen molar-refractivity contribution in [1.82, 2.24) is 21.2 Å². The van der Waals surface area contributed by atoms with Gasteiger partial charge in [0.1, 0.15) is 22.9 Å². The third kappa shape index (κ3) is 7.37. The highest BCUT2D eigenvalue weighted by Gasteiger charge is 2.16. The number of carbonyl (C=O) groups excluding carboxylic acids is 3. The van der Waals surface area contributed by atoms with E-state index in [2.05, 4.69) is 26.5 Å². The lowest BCUT2D eigenvalue weighted by atomic mass is 10.2. The van der Waals surface area contributed by atoms with E-state index in [-0.39, 0.29) is 6.03 Å². The van der Waals surface area contributed by atoms with Gasteiger partial charge in [-0.25, -0.2) is 20.0 Å². The minimum absolute atomic E-state index is 0.316. The minimum Gasteiger partial charge on any atom is -0.456 e. The Morgan fingerprint density at radius 3 is 2.14 bits per heavy atom. The highest BCUT2D eigenvalue weighted by atomic mass is 16.6. The van der Waals surface area contributed by atoms with Crippen LogP contribution in [0.15, 0.2) is 42.6 Å². The number of pyridine rings is 1. The van der Waals surface area contributed by atoms with E-state index in [4.69, 9.17) is 9.47 Å². The maximum absolute atomic E-state index is 12.1. The summed E-state index contributed by atoms with van der Waals surface area (Å²) in [6.07, 6.45) is 0.698. The number of rotatable bonds is 4. The molecule has 0 unspecified atom stereocenters. The van der Waals surface area contributed by atoms with Crippen LogP contribution in [0.1, 0.15) is 31.1 Å². The second-order valence-electron chi connectivity index (χ2n) is 6.79. The first-order chi connectivity index (χ1) is 13.7. The fraction of sp³-hybridized carbons (Fsp3) is 0.263. The van der Waals surface area contributed by atoms with E-state index in [1.165, 1.54) is 25.4 Å². The highest BCUT2D eigenvalue weighted by Crippen LogP contribution is 2.22. The lowest BCUT2D eigenvalue weighted by Gasteiger charge is -2.19. The average Bonchev–Trinajstić information content (AvgIpc) is 2.67. The smallest absolute Gasteiger partial charge is 0.426 e. The Morgan fingerprint density at radius 2 is 1.59 bits per heavy atom. The highest BCUT2D eigenvalue weighted by molar-refractivity contribution is 5.95. The zero-order valence-electron chi connectivity index (χ0n) is 16.5. The molecule has 0 spiro atoms. The molecule has 154 valence electrons. The molecule has 4 N–H and O–H groups in total. The first-order valence-corrected chi connectivity index (χ1v) is 8.68. The lowest BCUT2D eigenvalue weighted by molar-refractivity contribution is 0.0483. The Labute approximate surface area is 168 Å². The predicted octanol–water partition coefficient (Wildman–Crippen LogP) is 2.79. The van der Waals surface area contributed by atoms with Crippen LogP contribution < -0.4 is 26.2 Å². The SMILES string of the molecule is CNC(=O)Nc1ccc(Oc2ccc(C(=O)NNC(=O)OC(C)(C)C)cc2)cn1. The molecule has 0 aliphatic carbocycles. The van der Waals surface area contributed by atoms with Gasteiger partial charge in [-0.15, -0.1) is 0 Å². The Hall–Kier alpha value is -3.82. The molecule has 0 aliphatic rings. The number of nitrogens with zero attached hydrogens (tertiary/aromatic N) is 1. The van der Waals surface area contributed by atoms with Gasteiger partial charge in [0.15, 0.2) is 0 Å². The van der Waals surface area contributed by atoms with Crippen molar-refractivity contribution in [3.8, 4) is 11.5 Å². The molecule has 0 saturated heterocycles. The van der Waals surface area contributed by atoms with Crippen molar-refractivity contribution in [1.29, 1.82) is 0 Å². The molecule has 4 amide bonds. The first-order valence-electron chi connectivity index (χ1n) is 8.68. The average molecular weight is 401 g/mol. The third-order valence-corrected chi connectivity index (χ3v) is 3.23. The molecule has 1 aromatic heterocycles. The monoisotopic (exact) mass is 401 g/mol. The summed E-state index contributed by atoms with van der Waals surface area (Å²) in [5.74, 6) is 0.807. The second kappa shape index (κ2) is 9.40. The maximum Gasteiger partial charge on any atom is 0.426 e. The molecule has 29 heavy (non-hydrogen) atoms. The van der Waals surface area contributed by atoms with Gasteiger partial charge in [0.25, 0.3) is 5.91 Å². The summed E-state index contributed by atoms with van der Waals surface area (Å²) in [5.41, 5.74) is 4.09. The predicted molar refractivity (Wildman–Crippen MR) is 106 cm³/mol. The topological polar surface area (TPSA) is 131 Å². The molecule has 0 bridgehead atoms. The van der Waals surface area contributed by atoms with Gasteiger partial charge >= 0.3 is 12.1 Å². The van der Waals surface area contributed by atoms with Crippen LogP contribution >= 0.6 is 0 Å². The summed E-state index contributed by atoms with van der Waals surface area (Å²) in [5, 5.41) is 4.96. The van der Waals surface area contributed by atoms with Gasteiger partial charge < -0.3 is 14.8 Å². The summed E-state index contributed by atoms with van der Waals surface area (Å²) in [7, 11) is 1.50. The van der Waals surface area contributed by atoms with E-state index in [0.717, 1.165) is 0 Å². The number of ether oxygens (including phenoxy) is 2. The lowest BCUT2D eigenvalue weighted by Crippen LogP contribution is -2.44. The number of carbonyl (C=O) groups is 3. The van der Waals surface area contributed by atoms with Crippen LogP contribution in [0.5, 0.6) is 11.5 Å². The number of hydrogen-bond donors (Lipinski definition) is 4. The van der Waals surface area contributed by atoms with Gasteiger partial charge in [-0.05, 0) is 57.2 Å². The summed E-state index contributed by atoms with van der Waals surface area (Å²) >= 11 is 0. The van der Waals surface area contributed by atoms with Gasteiger partial charge in [-0.1, -0.05) is 0 Å². The van der Waals surface area contributed by atoms with Crippen LogP contribution in [0.3, 0.4) is 0 Å². The van der Waals surface area contributed by atoms with Crippen molar-refractivity contribution in [2.24, 2.45) is 0 Å². The maximum atomic E-state index is 12.1. The summed E-state index contributed by atoms with van der Waals surface area (Å²) in [6.45, 7) is 5.15. The molecule has 10 nitrogen and oxygen atoms in total. The Morgan fingerprint density at radius 1 is 0.931 bits per heavy atom. The number of amides is 4. The van der Waals surface area contributed by atoms with Crippen LogP contribution in [-0.4, -0.2) is 35.7 Å². The molecule has 0 radical (unpaired) electrons. The molecule has 0 atom stereocenters. The molecule has 0 fully saturated rings. The fourth-order valence-corrected chi connectivity index (χ4v) is 1.99. The molecule has 0 aliphatic heterocycles. The standard InChI is InChI=1S/C19H23N5O5/c1-19(2,3)29-18(27)24-23-16(25)12-5-7-13(8-6-12)28-14-9-10-15(21-11-14)22-17(26)20-4/h5-11H,1-4H3,(H,23,25)(H,24,27)(H2,20,21,22,26). The Balaban J connectivity index is 1.88. The van der Waals surface area contributed by atoms with Crippen LogP contribution in [0, 0.1) is 0 Å². The summed E-state index contributed by atoms with van der Waals surface area (Å²) in [4.78, 5) is 38.9. The van der Waals surface area contributed by atoms with E-state index in [1.807, 2.05) is 0 Å². The van der Waals surface area contributed by atoms with Crippen molar-refractivity contribution in [2.45, 2.75) is 26.4 Å². The number of anilines is 1. The third-order valence-electron chi connectivity index (χ3n) is 3.23. The number of hydrogen-bond acceptors (Lipinski definition) is 6. The number of benzene rings is 1. The van der Waals surface area contributed by atoms with Crippen LogP contribution in [0.25, 0.3) is 0 Å². The van der Waals surface area contributed by atoms with E-state index >= 15 is 0 Å². The molecule has 2 aromatic rings. The van der Waals surface area contributed by atoms with E-state index in [1.54, 1.807) is 45.0 Å². The zero-order valence-corrected chi connectivity index (χ0v) is 16.5. The zero-order chi connectivity index (χ0) is 21.4. The Bertz CT molecular complexity index is 860. The number of aromatic nitrogens is 1. The molecule has 2 rings (SSSR count). The molecule has 10 heteroatoms. The second-order valence-corrected chi connectivity index (χ2v) is 6.79. The van der Waals surface area contributed by atoms with Crippen LogP contribution in [0.4, 0.5) is 15.4 Å². The quantitative estimate of drug-likeness (QED) is 0.583. The number of hydrazine groups is 1. The van der Waals surface area contributed by atoms with Crippen molar-refractivity contribution < 1.29 is 23.9 Å².